The van der Waals surface area contributed by atoms with E-state index in [2.05, 4.69) is 53.9 Å². The van der Waals surface area contributed by atoms with Crippen LogP contribution in [0.5, 0.6) is 0 Å². The number of aliphatic hydroxyl groups excluding tert-OH is 1. The average Bonchev–Trinajstić information content (AvgIpc) is 3.35. The average molecular weight is 413 g/mol. The van der Waals surface area contributed by atoms with Gasteiger partial charge in [0.05, 0.1) is 12.6 Å². The van der Waals surface area contributed by atoms with Gasteiger partial charge in [0.1, 0.15) is 0 Å². The zero-order valence-corrected chi connectivity index (χ0v) is 19.0. The van der Waals surface area contributed by atoms with Gasteiger partial charge in [-0.05, 0) is 91.8 Å². The summed E-state index contributed by atoms with van der Waals surface area (Å²) in [7, 11) is 0. The van der Waals surface area contributed by atoms with Gasteiger partial charge < -0.3 is 10.4 Å². The SMILES string of the molecule is CC(/C=N/NC1=NCCN1)[C@H]1CCC2C3CC=C4C[C@@H](O)CC[C@]4(C)C3CC[C@@]21C. The van der Waals surface area contributed by atoms with Crippen LogP contribution in [0.2, 0.25) is 0 Å². The molecule has 3 fully saturated rings. The molecular formula is C25H40N4O. The third-order valence-electron chi connectivity index (χ3n) is 9.94. The summed E-state index contributed by atoms with van der Waals surface area (Å²) >= 11 is 0. The molecule has 0 aromatic rings. The lowest BCUT2D eigenvalue weighted by atomic mass is 9.47. The highest BCUT2D eigenvalue weighted by molar-refractivity contribution is 5.81. The molecule has 0 radical (unpaired) electrons. The van der Waals surface area contributed by atoms with Crippen molar-refractivity contribution in [2.45, 2.75) is 78.2 Å². The predicted octanol–water partition coefficient (Wildman–Crippen LogP) is 4.10. The van der Waals surface area contributed by atoms with Crippen LogP contribution in [0.4, 0.5) is 0 Å². The minimum atomic E-state index is -0.107. The van der Waals surface area contributed by atoms with Gasteiger partial charge in [0.25, 0.3) is 0 Å². The van der Waals surface area contributed by atoms with E-state index in [9.17, 15) is 5.11 Å². The highest BCUT2D eigenvalue weighted by atomic mass is 16.3. The van der Waals surface area contributed by atoms with Gasteiger partial charge in [-0.25, -0.2) is 10.4 Å². The number of guanidine groups is 1. The molecule has 0 aromatic carbocycles. The minimum absolute atomic E-state index is 0.107. The van der Waals surface area contributed by atoms with Gasteiger partial charge in [-0.1, -0.05) is 32.4 Å². The zero-order valence-electron chi connectivity index (χ0n) is 19.0. The van der Waals surface area contributed by atoms with Crippen molar-refractivity contribution in [1.29, 1.82) is 0 Å². The van der Waals surface area contributed by atoms with E-state index in [0.717, 1.165) is 55.6 Å². The number of aliphatic imine (C=N–C) groups is 1. The van der Waals surface area contributed by atoms with Gasteiger partial charge in [0.2, 0.25) is 5.96 Å². The van der Waals surface area contributed by atoms with Crippen LogP contribution in [-0.2, 0) is 0 Å². The Bertz CT molecular complexity index is 760. The monoisotopic (exact) mass is 412 g/mol. The summed E-state index contributed by atoms with van der Waals surface area (Å²) in [5.41, 5.74) is 5.44. The van der Waals surface area contributed by atoms with Crippen LogP contribution >= 0.6 is 0 Å². The second kappa shape index (κ2) is 7.65. The van der Waals surface area contributed by atoms with Crippen molar-refractivity contribution in [3.63, 3.8) is 0 Å². The largest absolute Gasteiger partial charge is 0.393 e. The van der Waals surface area contributed by atoms with E-state index in [1.54, 1.807) is 5.57 Å². The summed E-state index contributed by atoms with van der Waals surface area (Å²) in [6, 6.07) is 0. The van der Waals surface area contributed by atoms with E-state index < -0.39 is 0 Å². The van der Waals surface area contributed by atoms with Gasteiger partial charge in [-0.3, -0.25) is 0 Å². The molecule has 1 aliphatic heterocycles. The lowest BCUT2D eigenvalue weighted by Crippen LogP contribution is -2.50. The van der Waals surface area contributed by atoms with Crippen molar-refractivity contribution in [3.05, 3.63) is 11.6 Å². The molecule has 8 atom stereocenters. The van der Waals surface area contributed by atoms with Crippen LogP contribution in [0.15, 0.2) is 21.7 Å². The van der Waals surface area contributed by atoms with E-state index in [-0.39, 0.29) is 6.10 Å². The molecule has 0 bridgehead atoms. The zero-order chi connectivity index (χ0) is 20.9. The Labute approximate surface area is 181 Å². The van der Waals surface area contributed by atoms with Crippen LogP contribution in [0.1, 0.15) is 72.1 Å². The number of hydrazone groups is 1. The Kier molecular flexibility index (Phi) is 5.24. The molecule has 5 rings (SSSR count). The van der Waals surface area contributed by atoms with Crippen LogP contribution in [-0.4, -0.2) is 36.5 Å². The third-order valence-corrected chi connectivity index (χ3v) is 9.94. The molecule has 0 saturated heterocycles. The second-order valence-electron chi connectivity index (χ2n) is 11.3. The molecule has 0 amide bonds. The third kappa shape index (κ3) is 3.23. The van der Waals surface area contributed by atoms with E-state index in [4.69, 9.17) is 0 Å². The molecule has 5 heteroatoms. The lowest BCUT2D eigenvalue weighted by Gasteiger charge is -2.58. The van der Waals surface area contributed by atoms with Crippen molar-refractivity contribution in [2.75, 3.05) is 13.1 Å². The van der Waals surface area contributed by atoms with Crippen molar-refractivity contribution in [3.8, 4) is 0 Å². The smallest absolute Gasteiger partial charge is 0.212 e. The molecule has 3 saturated carbocycles. The van der Waals surface area contributed by atoms with Gasteiger partial charge >= 0.3 is 0 Å². The highest BCUT2D eigenvalue weighted by Gasteiger charge is 2.59. The maximum atomic E-state index is 10.2. The fraction of sp³-hybridized carbons (Fsp3) is 0.840. The molecule has 1 heterocycles. The van der Waals surface area contributed by atoms with Crippen LogP contribution in [0.25, 0.3) is 0 Å². The van der Waals surface area contributed by atoms with Gasteiger partial charge in [0.15, 0.2) is 0 Å². The summed E-state index contributed by atoms with van der Waals surface area (Å²) in [5.74, 6) is 4.51. The Morgan fingerprint density at radius 3 is 2.90 bits per heavy atom. The first-order valence-electron chi connectivity index (χ1n) is 12.4. The highest BCUT2D eigenvalue weighted by Crippen LogP contribution is 2.67. The molecular weight excluding hydrogens is 372 g/mol. The van der Waals surface area contributed by atoms with Crippen molar-refractivity contribution >= 4 is 12.2 Å². The summed E-state index contributed by atoms with van der Waals surface area (Å²) in [6.07, 6.45) is 14.3. The van der Waals surface area contributed by atoms with Gasteiger partial charge in [0, 0.05) is 12.8 Å². The van der Waals surface area contributed by atoms with Gasteiger partial charge in [-0.2, -0.15) is 5.10 Å². The number of nitrogens with zero attached hydrogens (tertiary/aromatic N) is 2. The van der Waals surface area contributed by atoms with Crippen LogP contribution in [0, 0.1) is 40.4 Å². The lowest BCUT2D eigenvalue weighted by molar-refractivity contribution is -0.0529. The first-order valence-corrected chi connectivity index (χ1v) is 12.4. The standard InChI is InChI=1S/C25H40N4O/c1-16(15-28-29-23-26-12-13-27-23)20-6-7-21-19-5-4-17-14-18(30)8-10-24(17,2)22(19)9-11-25(20,21)3/h4,15-16,18-22,30H,5-14H2,1-3H3,(H2,26,27,29)/b28-15+/t16?,18-,19?,20+,21?,22?,24-,25+/m0/s1. The molecule has 4 aliphatic carbocycles. The molecule has 30 heavy (non-hydrogen) atoms. The Hall–Kier alpha value is -1.36. The Morgan fingerprint density at radius 1 is 1.23 bits per heavy atom. The molecule has 0 aromatic heterocycles. The number of fused-ring (bicyclic) bond motifs is 5. The molecule has 166 valence electrons. The Balaban J connectivity index is 1.31. The number of rotatable bonds is 3. The summed E-state index contributed by atoms with van der Waals surface area (Å²) in [5, 5.41) is 18.0. The summed E-state index contributed by atoms with van der Waals surface area (Å²) in [4.78, 5) is 4.36. The fourth-order valence-electron chi connectivity index (χ4n) is 8.34. The molecule has 5 nitrogen and oxygen atoms in total. The fourth-order valence-corrected chi connectivity index (χ4v) is 8.34. The predicted molar refractivity (Wildman–Crippen MR) is 122 cm³/mol. The van der Waals surface area contributed by atoms with Crippen LogP contribution < -0.4 is 10.7 Å². The Morgan fingerprint density at radius 2 is 2.10 bits per heavy atom. The molecule has 3 N–H and O–H groups in total. The summed E-state index contributed by atoms with van der Waals surface area (Å²) in [6.45, 7) is 9.23. The van der Waals surface area contributed by atoms with E-state index in [0.29, 0.717) is 16.7 Å². The second-order valence-corrected chi connectivity index (χ2v) is 11.3. The number of hydrogen-bond acceptors (Lipinski definition) is 5. The van der Waals surface area contributed by atoms with Gasteiger partial charge in [-0.15, -0.1) is 0 Å². The first-order chi connectivity index (χ1) is 14.4. The minimum Gasteiger partial charge on any atom is -0.393 e. The van der Waals surface area contributed by atoms with E-state index in [1.807, 2.05) is 0 Å². The van der Waals surface area contributed by atoms with E-state index >= 15 is 0 Å². The number of hydrogen-bond donors (Lipinski definition) is 3. The maximum Gasteiger partial charge on any atom is 0.212 e. The molecule has 0 spiro atoms. The quantitative estimate of drug-likeness (QED) is 0.371. The normalized spacial score (nSPS) is 46.3. The molecule has 4 unspecified atom stereocenters. The van der Waals surface area contributed by atoms with E-state index in [1.165, 1.54) is 38.5 Å². The van der Waals surface area contributed by atoms with Crippen molar-refractivity contribution < 1.29 is 5.11 Å². The number of nitrogens with one attached hydrogen (secondary N) is 2. The maximum absolute atomic E-state index is 10.2. The van der Waals surface area contributed by atoms with Crippen molar-refractivity contribution in [2.24, 2.45) is 50.5 Å². The van der Waals surface area contributed by atoms with Crippen LogP contribution in [0.3, 0.4) is 0 Å². The summed E-state index contributed by atoms with van der Waals surface area (Å²) < 4.78 is 0. The topological polar surface area (TPSA) is 69.0 Å². The molecule has 5 aliphatic rings. The number of aliphatic hydroxyl groups is 1. The first kappa shape index (κ1) is 20.5. The number of allylic oxidation sites excluding steroid dienone is 1. The van der Waals surface area contributed by atoms with Crippen molar-refractivity contribution in [1.82, 2.24) is 10.7 Å².